The van der Waals surface area contributed by atoms with Crippen molar-refractivity contribution in [1.29, 1.82) is 0 Å². The normalized spacial score (nSPS) is 14.4. The van der Waals surface area contributed by atoms with Crippen LogP contribution in [0.25, 0.3) is 0 Å². The monoisotopic (exact) mass is 330 g/mol. The molecule has 94 valence electrons. The molecule has 0 spiro atoms. The first kappa shape index (κ1) is 16.4. The van der Waals surface area contributed by atoms with Crippen molar-refractivity contribution in [2.75, 3.05) is 0 Å². The third-order valence-electron chi connectivity index (χ3n) is 3.69. The molecule has 0 rings (SSSR count). The van der Waals surface area contributed by atoms with Crippen molar-refractivity contribution in [3.63, 3.8) is 0 Å². The maximum atomic E-state index is 3.78. The van der Waals surface area contributed by atoms with Crippen LogP contribution in [0, 0.1) is 15.3 Å². The summed E-state index contributed by atoms with van der Waals surface area (Å²) in [5.74, 6) is 3.52. The van der Waals surface area contributed by atoms with Gasteiger partial charge in [-0.3, -0.25) is 0 Å². The van der Waals surface area contributed by atoms with Crippen molar-refractivity contribution >= 4 is 18.4 Å². The van der Waals surface area contributed by atoms with Crippen LogP contribution in [0.3, 0.4) is 0 Å². The Bertz CT molecular complexity index is 280. The fourth-order valence-corrected chi connectivity index (χ4v) is 12.2. The molecule has 0 aromatic heterocycles. The molecule has 0 nitrogen and oxygen atoms in total. The van der Waals surface area contributed by atoms with Crippen molar-refractivity contribution in [2.24, 2.45) is 5.41 Å². The van der Waals surface area contributed by atoms with E-state index in [4.69, 9.17) is 0 Å². The molecule has 0 N–H and O–H groups in total. The maximum absolute atomic E-state index is 3.78. The van der Waals surface area contributed by atoms with Crippen molar-refractivity contribution in [3.05, 3.63) is 0 Å². The average Bonchev–Trinajstić information content (AvgIpc) is 1.93. The SMILES string of the molecule is CC(C)(C)C#[C][Sn]([CH3])([C](C)(C)C)[C](C)(C)C. The first-order valence-electron chi connectivity index (χ1n) is 6.25. The van der Waals surface area contributed by atoms with E-state index in [-0.39, 0.29) is 5.41 Å². The Labute approximate surface area is 107 Å². The molecule has 0 heterocycles. The van der Waals surface area contributed by atoms with E-state index in [1.54, 1.807) is 0 Å². The van der Waals surface area contributed by atoms with Gasteiger partial charge in [0.15, 0.2) is 0 Å². The van der Waals surface area contributed by atoms with Crippen LogP contribution >= 0.6 is 0 Å². The van der Waals surface area contributed by atoms with E-state index in [0.29, 0.717) is 6.86 Å². The van der Waals surface area contributed by atoms with Crippen LogP contribution in [0.1, 0.15) is 62.3 Å². The van der Waals surface area contributed by atoms with Crippen LogP contribution in [0.5, 0.6) is 0 Å². The molecule has 0 aliphatic carbocycles. The number of hydrogen-bond acceptors (Lipinski definition) is 0. The Morgan fingerprint density at radius 3 is 1.19 bits per heavy atom. The third kappa shape index (κ3) is 3.98. The summed E-state index contributed by atoms with van der Waals surface area (Å²) in [5.41, 5.74) is 0.134. The molecular weight excluding hydrogens is 299 g/mol. The van der Waals surface area contributed by atoms with Crippen LogP contribution < -0.4 is 0 Å². The Hall–Kier alpha value is 0.359. The fourth-order valence-electron chi connectivity index (χ4n) is 1.81. The Morgan fingerprint density at radius 1 is 0.688 bits per heavy atom. The van der Waals surface area contributed by atoms with Crippen LogP contribution in [0.4, 0.5) is 0 Å². The molecule has 16 heavy (non-hydrogen) atoms. The van der Waals surface area contributed by atoms with Gasteiger partial charge in [0.05, 0.1) is 0 Å². The van der Waals surface area contributed by atoms with Crippen molar-refractivity contribution in [3.8, 4) is 9.86 Å². The first-order chi connectivity index (χ1) is 6.71. The summed E-state index contributed by atoms with van der Waals surface area (Å²) in [6, 6.07) is 0. The molecule has 0 radical (unpaired) electrons. The molecule has 0 atom stereocenters. The van der Waals surface area contributed by atoms with Gasteiger partial charge in [0.2, 0.25) is 0 Å². The van der Waals surface area contributed by atoms with Gasteiger partial charge in [-0.2, -0.15) is 0 Å². The zero-order valence-corrected chi connectivity index (χ0v) is 15.9. The molecule has 0 saturated carbocycles. The molecule has 0 aromatic rings. The zero-order valence-electron chi connectivity index (χ0n) is 13.0. The van der Waals surface area contributed by atoms with E-state index in [1.165, 1.54) is 0 Å². The van der Waals surface area contributed by atoms with Crippen molar-refractivity contribution in [1.82, 2.24) is 0 Å². The predicted octanol–water partition coefficient (Wildman–Crippen LogP) is 5.25. The van der Waals surface area contributed by atoms with Gasteiger partial charge in [-0.1, -0.05) is 0 Å². The number of hydrogen-bond donors (Lipinski definition) is 0. The van der Waals surface area contributed by atoms with Gasteiger partial charge in [0.25, 0.3) is 0 Å². The fraction of sp³-hybridized carbons (Fsp3) is 0.867. The van der Waals surface area contributed by atoms with E-state index in [1.807, 2.05) is 0 Å². The van der Waals surface area contributed by atoms with E-state index >= 15 is 0 Å². The van der Waals surface area contributed by atoms with E-state index in [2.05, 4.69) is 77.1 Å². The van der Waals surface area contributed by atoms with Gasteiger partial charge >= 0.3 is 108 Å². The Kier molecular flexibility index (Phi) is 4.66. The number of rotatable bonds is 0. The molecule has 0 unspecified atom stereocenters. The standard InChI is InChI=1S/C6H9.2C4H9.CH3.Sn/c1-5-6(2,3)4;2*1-4(2)3;;/h2-4H3;2*1-3H3;1H3;. The van der Waals surface area contributed by atoms with Crippen LogP contribution in [-0.4, -0.2) is 18.4 Å². The Balaban J connectivity index is 5.54. The molecule has 0 fully saturated rings. The quantitative estimate of drug-likeness (QED) is 0.420. The van der Waals surface area contributed by atoms with Gasteiger partial charge in [-0.05, 0) is 0 Å². The van der Waals surface area contributed by atoms with Gasteiger partial charge in [0.1, 0.15) is 0 Å². The van der Waals surface area contributed by atoms with Gasteiger partial charge in [-0.25, -0.2) is 0 Å². The molecule has 1 heteroatoms. The van der Waals surface area contributed by atoms with Crippen molar-refractivity contribution in [2.45, 2.75) is 74.1 Å². The summed E-state index contributed by atoms with van der Waals surface area (Å²) in [4.78, 5) is 2.51. The molecule has 0 aromatic carbocycles. The second-order valence-corrected chi connectivity index (χ2v) is 23.8. The van der Waals surface area contributed by atoms with E-state index in [0.717, 1.165) is 0 Å². The molecule has 0 saturated heterocycles. The van der Waals surface area contributed by atoms with Crippen LogP contribution in [-0.2, 0) is 0 Å². The first-order valence-corrected chi connectivity index (χ1v) is 13.4. The molecule has 0 aliphatic rings. The molecular formula is C15H30Sn. The zero-order chi connectivity index (χ0) is 13.4. The van der Waals surface area contributed by atoms with Crippen molar-refractivity contribution < 1.29 is 0 Å². The molecule has 0 bridgehead atoms. The predicted molar refractivity (Wildman–Crippen MR) is 78.3 cm³/mol. The summed E-state index contributed by atoms with van der Waals surface area (Å²) in [7, 11) is 0. The third-order valence-corrected chi connectivity index (χ3v) is 22.6. The second-order valence-electron chi connectivity index (χ2n) is 8.12. The molecule has 0 aliphatic heterocycles. The minimum atomic E-state index is -2.47. The second kappa shape index (κ2) is 4.56. The topological polar surface area (TPSA) is 0 Å². The Morgan fingerprint density at radius 2 is 1.00 bits per heavy atom. The minimum absolute atomic E-state index is 0.134. The summed E-state index contributed by atoms with van der Waals surface area (Å²) in [6.07, 6.45) is 0. The van der Waals surface area contributed by atoms with Crippen LogP contribution in [0.2, 0.25) is 11.8 Å². The van der Waals surface area contributed by atoms with Gasteiger partial charge in [0, 0.05) is 0 Å². The average molecular weight is 329 g/mol. The van der Waals surface area contributed by atoms with E-state index < -0.39 is 18.4 Å². The molecule has 0 amide bonds. The van der Waals surface area contributed by atoms with Gasteiger partial charge < -0.3 is 0 Å². The summed E-state index contributed by atoms with van der Waals surface area (Å²) in [5, 5.41) is 0. The van der Waals surface area contributed by atoms with Gasteiger partial charge in [-0.15, -0.1) is 0 Å². The summed E-state index contributed by atoms with van der Waals surface area (Å²) < 4.78 is 4.56. The summed E-state index contributed by atoms with van der Waals surface area (Å²) >= 11 is -2.47. The van der Waals surface area contributed by atoms with Crippen LogP contribution in [0.15, 0.2) is 0 Å². The van der Waals surface area contributed by atoms with E-state index in [9.17, 15) is 0 Å². The summed E-state index contributed by atoms with van der Waals surface area (Å²) in [6.45, 7) is 20.9.